The normalized spacial score (nSPS) is 14.1. The van der Waals surface area contributed by atoms with Crippen molar-refractivity contribution in [3.8, 4) is 11.5 Å². The van der Waals surface area contributed by atoms with E-state index in [0.717, 1.165) is 42.9 Å². The van der Waals surface area contributed by atoms with E-state index in [0.29, 0.717) is 43.8 Å². The van der Waals surface area contributed by atoms with Crippen LogP contribution in [-0.2, 0) is 11.2 Å². The van der Waals surface area contributed by atoms with E-state index in [4.69, 9.17) is 9.72 Å². The van der Waals surface area contributed by atoms with Gasteiger partial charge in [0.25, 0.3) is 0 Å². The van der Waals surface area contributed by atoms with Gasteiger partial charge >= 0.3 is 5.97 Å². The van der Waals surface area contributed by atoms with Crippen molar-refractivity contribution >= 4 is 29.5 Å². The number of carboxylic acid groups (broad SMARTS) is 1. The van der Waals surface area contributed by atoms with Gasteiger partial charge in [0.05, 0.1) is 12.5 Å². The van der Waals surface area contributed by atoms with Gasteiger partial charge in [-0.2, -0.15) is 15.0 Å². The Kier molecular flexibility index (Phi) is 9.18. The lowest BCUT2D eigenvalue weighted by atomic mass is 9.97. The second-order valence-electron chi connectivity index (χ2n) is 9.54. The van der Waals surface area contributed by atoms with Crippen LogP contribution in [0.2, 0.25) is 0 Å². The van der Waals surface area contributed by atoms with Gasteiger partial charge in [-0.15, -0.1) is 0 Å². The Balaban J connectivity index is 1.40. The summed E-state index contributed by atoms with van der Waals surface area (Å²) in [5.74, 6) is 1.41. The predicted octanol–water partition coefficient (Wildman–Crippen LogP) is 4.48. The number of rotatable bonds is 12. The number of benzene rings is 2. The Morgan fingerprint density at radius 2 is 1.76 bits per heavy atom. The number of likely N-dealkylation sites (N-methyl/N-ethyl adjacent to an activating group) is 1. The molecule has 3 N–H and O–H groups in total. The largest absolute Gasteiger partial charge is 0.508 e. The number of piperidine rings is 1. The van der Waals surface area contributed by atoms with Crippen LogP contribution in [0, 0.1) is 5.92 Å². The van der Waals surface area contributed by atoms with Crippen LogP contribution in [0.5, 0.6) is 11.5 Å². The summed E-state index contributed by atoms with van der Waals surface area (Å²) < 4.78 is 5.94. The summed E-state index contributed by atoms with van der Waals surface area (Å²) in [7, 11) is 1.92. The summed E-state index contributed by atoms with van der Waals surface area (Å²) in [5.41, 5.74) is 1.75. The van der Waals surface area contributed by atoms with Gasteiger partial charge in [-0.1, -0.05) is 19.1 Å². The smallest absolute Gasteiger partial charge is 0.306 e. The van der Waals surface area contributed by atoms with Crippen molar-refractivity contribution in [3.63, 3.8) is 0 Å². The van der Waals surface area contributed by atoms with Crippen molar-refractivity contribution in [2.24, 2.45) is 5.92 Å². The fraction of sp³-hybridized carbons (Fsp3) is 0.429. The van der Waals surface area contributed by atoms with Crippen molar-refractivity contribution in [3.05, 3.63) is 54.1 Å². The molecule has 10 nitrogen and oxygen atoms in total. The number of nitrogens with zero attached hydrogens (tertiary/aromatic N) is 5. The molecular formula is C28H36N6O4. The molecule has 0 radical (unpaired) electrons. The van der Waals surface area contributed by atoms with Gasteiger partial charge in [-0.3, -0.25) is 4.79 Å². The molecule has 10 heteroatoms. The van der Waals surface area contributed by atoms with E-state index in [1.165, 1.54) is 6.42 Å². The number of phenols is 1. The maximum atomic E-state index is 11.3. The van der Waals surface area contributed by atoms with Crippen molar-refractivity contribution in [1.82, 2.24) is 15.0 Å². The van der Waals surface area contributed by atoms with E-state index >= 15 is 0 Å². The summed E-state index contributed by atoms with van der Waals surface area (Å²) in [5, 5.41) is 22.1. The maximum Gasteiger partial charge on any atom is 0.306 e. The topological polar surface area (TPSA) is 124 Å². The molecule has 1 atom stereocenters. The van der Waals surface area contributed by atoms with Crippen molar-refractivity contribution in [1.29, 1.82) is 0 Å². The Hall–Kier alpha value is -4.08. The molecule has 1 aromatic heterocycles. The van der Waals surface area contributed by atoms with E-state index in [9.17, 15) is 15.0 Å². The molecule has 2 heterocycles. The van der Waals surface area contributed by atoms with Gasteiger partial charge in [0.2, 0.25) is 17.8 Å². The fourth-order valence-electron chi connectivity index (χ4n) is 4.30. The lowest BCUT2D eigenvalue weighted by Crippen LogP contribution is -2.32. The van der Waals surface area contributed by atoms with Crippen LogP contribution in [0.25, 0.3) is 0 Å². The lowest BCUT2D eigenvalue weighted by Gasteiger charge is -2.28. The Morgan fingerprint density at radius 3 is 2.42 bits per heavy atom. The standard InChI is InChI=1S/C28H36N6O4/c1-3-21(25(36)37)19-20-7-13-24(14-8-20)38-18-17-33(2)27-30-26(29-22-9-11-23(35)12-10-22)31-28(32-27)34-15-5-4-6-16-34/h7-14,21,35H,3-6,15-19H2,1-2H3,(H,36,37)(H,29,30,31,32). The van der Waals surface area contributed by atoms with E-state index in [1.807, 2.05) is 43.1 Å². The highest BCUT2D eigenvalue weighted by atomic mass is 16.5. The molecule has 1 aliphatic rings. The number of ether oxygens (including phenoxy) is 1. The van der Waals surface area contributed by atoms with Crippen LogP contribution in [-0.4, -0.2) is 64.4 Å². The molecule has 0 aliphatic carbocycles. The summed E-state index contributed by atoms with van der Waals surface area (Å²) >= 11 is 0. The highest BCUT2D eigenvalue weighted by molar-refractivity contribution is 5.70. The van der Waals surface area contributed by atoms with Crippen LogP contribution in [0.4, 0.5) is 23.5 Å². The number of hydrogen-bond donors (Lipinski definition) is 3. The van der Waals surface area contributed by atoms with Crippen molar-refractivity contribution < 1.29 is 19.7 Å². The SMILES string of the molecule is CCC(Cc1ccc(OCCN(C)c2nc(Nc3ccc(O)cc3)nc(N3CCCCC3)n2)cc1)C(=O)O. The summed E-state index contributed by atoms with van der Waals surface area (Å²) in [6.07, 6.45) is 4.54. The molecule has 38 heavy (non-hydrogen) atoms. The molecule has 0 amide bonds. The van der Waals surface area contributed by atoms with Gasteiger partial charge in [-0.05, 0) is 74.1 Å². The number of nitrogens with one attached hydrogen (secondary N) is 1. The van der Waals surface area contributed by atoms with Crippen LogP contribution in [0.15, 0.2) is 48.5 Å². The van der Waals surface area contributed by atoms with E-state index in [-0.39, 0.29) is 11.7 Å². The van der Waals surface area contributed by atoms with Crippen LogP contribution in [0.3, 0.4) is 0 Å². The van der Waals surface area contributed by atoms with Crippen molar-refractivity contribution in [2.75, 3.05) is 48.4 Å². The Bertz CT molecular complexity index is 1180. The number of aromatic hydroxyl groups is 1. The van der Waals surface area contributed by atoms with Crippen LogP contribution >= 0.6 is 0 Å². The minimum atomic E-state index is -0.765. The van der Waals surface area contributed by atoms with Crippen molar-refractivity contribution in [2.45, 2.75) is 39.0 Å². The van der Waals surface area contributed by atoms with E-state index in [1.54, 1.807) is 24.3 Å². The van der Waals surface area contributed by atoms with Gasteiger partial charge in [0.1, 0.15) is 18.1 Å². The molecule has 1 saturated heterocycles. The van der Waals surface area contributed by atoms with E-state index in [2.05, 4.69) is 20.2 Å². The zero-order chi connectivity index (χ0) is 26.9. The van der Waals surface area contributed by atoms with Gasteiger partial charge < -0.3 is 30.1 Å². The lowest BCUT2D eigenvalue weighted by molar-refractivity contribution is -0.141. The van der Waals surface area contributed by atoms with Gasteiger partial charge in [0.15, 0.2) is 0 Å². The van der Waals surface area contributed by atoms with Gasteiger partial charge in [-0.25, -0.2) is 0 Å². The first kappa shape index (κ1) is 27.0. The molecule has 3 aromatic rings. The molecule has 0 spiro atoms. The minimum absolute atomic E-state index is 0.195. The molecule has 2 aromatic carbocycles. The molecule has 1 fully saturated rings. The minimum Gasteiger partial charge on any atom is -0.508 e. The Morgan fingerprint density at radius 1 is 1.05 bits per heavy atom. The molecule has 4 rings (SSSR count). The third kappa shape index (κ3) is 7.47. The van der Waals surface area contributed by atoms with E-state index < -0.39 is 5.97 Å². The molecule has 0 saturated carbocycles. The molecular weight excluding hydrogens is 484 g/mol. The molecule has 0 bridgehead atoms. The first-order valence-electron chi connectivity index (χ1n) is 13.1. The van der Waals surface area contributed by atoms with Gasteiger partial charge in [0, 0.05) is 25.8 Å². The first-order chi connectivity index (χ1) is 18.4. The average molecular weight is 521 g/mol. The third-order valence-electron chi connectivity index (χ3n) is 6.66. The second-order valence-corrected chi connectivity index (χ2v) is 9.54. The van der Waals surface area contributed by atoms with Crippen LogP contribution in [0.1, 0.15) is 38.2 Å². The second kappa shape index (κ2) is 12.9. The number of anilines is 4. The summed E-state index contributed by atoms with van der Waals surface area (Å²) in [6.45, 7) is 4.70. The zero-order valence-electron chi connectivity index (χ0n) is 22.0. The fourth-order valence-corrected chi connectivity index (χ4v) is 4.30. The number of carboxylic acids is 1. The average Bonchev–Trinajstić information content (AvgIpc) is 2.94. The Labute approximate surface area is 223 Å². The number of aromatic nitrogens is 3. The quantitative estimate of drug-likeness (QED) is 0.295. The summed E-state index contributed by atoms with van der Waals surface area (Å²) in [4.78, 5) is 29.5. The molecule has 1 unspecified atom stereocenters. The number of aliphatic carboxylic acids is 1. The molecule has 202 valence electrons. The number of phenolic OH excluding ortho intramolecular Hbond substituents is 1. The third-order valence-corrected chi connectivity index (χ3v) is 6.66. The highest BCUT2D eigenvalue weighted by Gasteiger charge is 2.18. The highest BCUT2D eigenvalue weighted by Crippen LogP contribution is 2.23. The number of hydrogen-bond acceptors (Lipinski definition) is 9. The van der Waals surface area contributed by atoms with Crippen LogP contribution < -0.4 is 19.9 Å². The first-order valence-corrected chi connectivity index (χ1v) is 13.1. The molecule has 1 aliphatic heterocycles. The maximum absolute atomic E-state index is 11.3. The summed E-state index contributed by atoms with van der Waals surface area (Å²) in [6, 6.07) is 14.4. The monoisotopic (exact) mass is 520 g/mol. The number of carbonyl (C=O) groups is 1. The zero-order valence-corrected chi connectivity index (χ0v) is 22.0. The predicted molar refractivity (Wildman–Crippen MR) is 148 cm³/mol.